The molecule has 0 bridgehead atoms. The van der Waals surface area contributed by atoms with Crippen LogP contribution in [-0.4, -0.2) is 38.3 Å². The minimum atomic E-state index is -3.77. The van der Waals surface area contributed by atoms with E-state index < -0.39 is 10.0 Å². The van der Waals surface area contributed by atoms with Crippen molar-refractivity contribution in [1.29, 1.82) is 0 Å². The van der Waals surface area contributed by atoms with Gasteiger partial charge in [-0.3, -0.25) is 4.72 Å². The summed E-state index contributed by atoms with van der Waals surface area (Å²) < 4.78 is 33.6. The van der Waals surface area contributed by atoms with Crippen molar-refractivity contribution in [2.24, 2.45) is 0 Å². The molecule has 156 valence electrons. The lowest BCUT2D eigenvalue weighted by atomic mass is 10.1. The molecule has 8 heteroatoms. The minimum absolute atomic E-state index is 0.110. The third-order valence-electron chi connectivity index (χ3n) is 4.95. The molecule has 1 N–H and O–H groups in total. The molecule has 4 rings (SSSR count). The van der Waals surface area contributed by atoms with Gasteiger partial charge in [0.25, 0.3) is 10.0 Å². The maximum absolute atomic E-state index is 12.8. The number of nitrogens with one attached hydrogen (secondary N) is 1. The number of benzene rings is 2. The van der Waals surface area contributed by atoms with Crippen molar-refractivity contribution in [3.05, 3.63) is 60.7 Å². The Kier molecular flexibility index (Phi) is 5.85. The molecule has 2 heterocycles. The van der Waals surface area contributed by atoms with Crippen molar-refractivity contribution >= 4 is 21.5 Å². The molecule has 1 aliphatic heterocycles. The summed E-state index contributed by atoms with van der Waals surface area (Å²) in [5.74, 6) is 1.23. The van der Waals surface area contributed by atoms with Crippen LogP contribution in [0.5, 0.6) is 5.75 Å². The van der Waals surface area contributed by atoms with E-state index in [0.717, 1.165) is 30.2 Å². The summed E-state index contributed by atoms with van der Waals surface area (Å²) in [5.41, 5.74) is 2.08. The van der Waals surface area contributed by atoms with Gasteiger partial charge in [0.05, 0.1) is 12.3 Å². The molecule has 0 spiro atoms. The third kappa shape index (κ3) is 4.38. The average molecular weight is 425 g/mol. The van der Waals surface area contributed by atoms with Gasteiger partial charge >= 0.3 is 0 Å². The predicted octanol–water partition coefficient (Wildman–Crippen LogP) is 3.94. The second-order valence-electron chi connectivity index (χ2n) is 7.03. The number of sulfonamides is 1. The van der Waals surface area contributed by atoms with Crippen LogP contribution in [0, 0.1) is 0 Å². The number of aromatic nitrogens is 2. The van der Waals surface area contributed by atoms with Crippen LogP contribution in [0.25, 0.3) is 11.3 Å². The first-order chi connectivity index (χ1) is 14.6. The topological polar surface area (TPSA) is 84.4 Å². The fraction of sp³-hybridized carbons (Fsp3) is 0.273. The fourth-order valence-corrected chi connectivity index (χ4v) is 4.67. The van der Waals surface area contributed by atoms with Gasteiger partial charge in [0.2, 0.25) is 0 Å². The van der Waals surface area contributed by atoms with Crippen LogP contribution in [0.3, 0.4) is 0 Å². The SMILES string of the molecule is CCOc1ccccc1S(=O)(=O)Nc1ccc(-c2ccc(N3CCCC3)nn2)cc1. The smallest absolute Gasteiger partial charge is 0.265 e. The highest BCUT2D eigenvalue weighted by Crippen LogP contribution is 2.27. The second kappa shape index (κ2) is 8.71. The lowest BCUT2D eigenvalue weighted by Gasteiger charge is -2.15. The average Bonchev–Trinajstić information content (AvgIpc) is 3.30. The number of anilines is 2. The van der Waals surface area contributed by atoms with Crippen molar-refractivity contribution < 1.29 is 13.2 Å². The molecule has 0 aliphatic carbocycles. The van der Waals surface area contributed by atoms with Gasteiger partial charge in [-0.05, 0) is 56.2 Å². The van der Waals surface area contributed by atoms with Crippen LogP contribution >= 0.6 is 0 Å². The van der Waals surface area contributed by atoms with Gasteiger partial charge < -0.3 is 9.64 Å². The summed E-state index contributed by atoms with van der Waals surface area (Å²) >= 11 is 0. The highest BCUT2D eigenvalue weighted by molar-refractivity contribution is 7.92. The Morgan fingerprint density at radius 2 is 1.70 bits per heavy atom. The van der Waals surface area contributed by atoms with Crippen molar-refractivity contribution in [3.63, 3.8) is 0 Å². The van der Waals surface area contributed by atoms with Gasteiger partial charge in [-0.2, -0.15) is 0 Å². The number of rotatable bonds is 7. The van der Waals surface area contributed by atoms with Gasteiger partial charge in [-0.25, -0.2) is 8.42 Å². The van der Waals surface area contributed by atoms with E-state index >= 15 is 0 Å². The summed E-state index contributed by atoms with van der Waals surface area (Å²) in [6.07, 6.45) is 2.38. The molecule has 1 saturated heterocycles. The van der Waals surface area contributed by atoms with Crippen LogP contribution in [0.2, 0.25) is 0 Å². The lowest BCUT2D eigenvalue weighted by Crippen LogP contribution is -2.19. The van der Waals surface area contributed by atoms with Crippen LogP contribution < -0.4 is 14.4 Å². The summed E-state index contributed by atoms with van der Waals surface area (Å²) in [4.78, 5) is 2.34. The number of hydrogen-bond acceptors (Lipinski definition) is 6. The fourth-order valence-electron chi connectivity index (χ4n) is 3.46. The van der Waals surface area contributed by atoms with Crippen molar-refractivity contribution in [1.82, 2.24) is 10.2 Å². The molecule has 3 aromatic rings. The van der Waals surface area contributed by atoms with Gasteiger partial charge in [-0.1, -0.05) is 24.3 Å². The molecule has 1 aliphatic rings. The van der Waals surface area contributed by atoms with Crippen LogP contribution in [-0.2, 0) is 10.0 Å². The Bertz CT molecular complexity index is 1090. The molecule has 1 fully saturated rings. The van der Waals surface area contributed by atoms with E-state index in [9.17, 15) is 8.42 Å². The van der Waals surface area contributed by atoms with E-state index in [4.69, 9.17) is 4.74 Å². The van der Waals surface area contributed by atoms with Gasteiger partial charge in [0.1, 0.15) is 10.6 Å². The molecule has 0 radical (unpaired) electrons. The normalized spacial score (nSPS) is 14.0. The first-order valence-corrected chi connectivity index (χ1v) is 11.5. The quantitative estimate of drug-likeness (QED) is 0.618. The molecule has 30 heavy (non-hydrogen) atoms. The first-order valence-electron chi connectivity index (χ1n) is 10.0. The molecule has 0 unspecified atom stereocenters. The standard InChI is InChI=1S/C22H24N4O3S/c1-2-29-20-7-3-4-8-21(20)30(27,28)25-18-11-9-17(10-12-18)19-13-14-22(24-23-19)26-15-5-6-16-26/h3-4,7-14,25H,2,5-6,15-16H2,1H3. The maximum Gasteiger partial charge on any atom is 0.265 e. The summed E-state index contributed by atoms with van der Waals surface area (Å²) in [6.45, 7) is 4.25. The largest absolute Gasteiger partial charge is 0.492 e. The van der Waals surface area contributed by atoms with E-state index in [1.54, 1.807) is 30.3 Å². The van der Waals surface area contributed by atoms with Gasteiger partial charge in [0.15, 0.2) is 5.82 Å². The van der Waals surface area contributed by atoms with E-state index in [1.165, 1.54) is 18.9 Å². The summed E-state index contributed by atoms with van der Waals surface area (Å²) in [7, 11) is -3.77. The molecular weight excluding hydrogens is 400 g/mol. The third-order valence-corrected chi connectivity index (χ3v) is 6.37. The highest BCUT2D eigenvalue weighted by atomic mass is 32.2. The maximum atomic E-state index is 12.8. The molecule has 2 aromatic carbocycles. The van der Waals surface area contributed by atoms with Crippen molar-refractivity contribution in [2.75, 3.05) is 29.3 Å². The van der Waals surface area contributed by atoms with Gasteiger partial charge in [-0.15, -0.1) is 10.2 Å². The molecule has 0 saturated carbocycles. The van der Waals surface area contributed by atoms with Crippen molar-refractivity contribution in [3.8, 4) is 17.0 Å². The van der Waals surface area contributed by atoms with Gasteiger partial charge in [0, 0.05) is 24.3 Å². The van der Waals surface area contributed by atoms with Crippen LogP contribution in [0.15, 0.2) is 65.6 Å². The molecular formula is C22H24N4O3S. The second-order valence-corrected chi connectivity index (χ2v) is 8.68. The minimum Gasteiger partial charge on any atom is -0.492 e. The zero-order chi connectivity index (χ0) is 21.0. The van der Waals surface area contributed by atoms with E-state index in [2.05, 4.69) is 19.8 Å². The van der Waals surface area contributed by atoms with E-state index in [1.807, 2.05) is 31.2 Å². The Morgan fingerprint density at radius 1 is 0.967 bits per heavy atom. The number of hydrogen-bond donors (Lipinski definition) is 1. The summed E-state index contributed by atoms with van der Waals surface area (Å²) in [5, 5.41) is 8.67. The Hall–Kier alpha value is -3.13. The Morgan fingerprint density at radius 3 is 2.37 bits per heavy atom. The zero-order valence-electron chi connectivity index (χ0n) is 16.8. The lowest BCUT2D eigenvalue weighted by molar-refractivity contribution is 0.331. The number of para-hydroxylation sites is 1. The van der Waals surface area contributed by atoms with E-state index in [0.29, 0.717) is 18.0 Å². The summed E-state index contributed by atoms with van der Waals surface area (Å²) in [6, 6.07) is 17.6. The number of nitrogens with zero attached hydrogens (tertiary/aromatic N) is 3. The molecule has 1 aromatic heterocycles. The van der Waals surface area contributed by atoms with Crippen molar-refractivity contribution in [2.45, 2.75) is 24.7 Å². The Labute approximate surface area is 176 Å². The number of ether oxygens (including phenoxy) is 1. The monoisotopic (exact) mass is 424 g/mol. The molecule has 0 amide bonds. The van der Waals surface area contributed by atoms with Crippen LogP contribution in [0.1, 0.15) is 19.8 Å². The Balaban J connectivity index is 1.50. The molecule has 7 nitrogen and oxygen atoms in total. The highest BCUT2D eigenvalue weighted by Gasteiger charge is 2.19. The predicted molar refractivity (Wildman–Crippen MR) is 117 cm³/mol. The first kappa shape index (κ1) is 20.2. The van der Waals surface area contributed by atoms with Crippen LogP contribution in [0.4, 0.5) is 11.5 Å². The van der Waals surface area contributed by atoms with E-state index in [-0.39, 0.29) is 4.90 Å². The zero-order valence-corrected chi connectivity index (χ0v) is 17.6. The molecule has 0 atom stereocenters.